The van der Waals surface area contributed by atoms with Crippen LogP contribution in [-0.4, -0.2) is 42.3 Å². The van der Waals surface area contributed by atoms with Crippen molar-refractivity contribution in [1.29, 1.82) is 0 Å². The van der Waals surface area contributed by atoms with E-state index in [1.807, 2.05) is 38.1 Å². The molecule has 0 aliphatic heterocycles. The fraction of sp³-hybridized carbons (Fsp3) is 0.464. The highest BCUT2D eigenvalue weighted by molar-refractivity contribution is 5.86. The van der Waals surface area contributed by atoms with E-state index in [2.05, 4.69) is 34.9 Å². The van der Waals surface area contributed by atoms with Gasteiger partial charge in [0.05, 0.1) is 5.41 Å². The van der Waals surface area contributed by atoms with Gasteiger partial charge in [-0.15, -0.1) is 0 Å². The van der Waals surface area contributed by atoms with Gasteiger partial charge < -0.3 is 20.5 Å². The molecule has 0 saturated heterocycles. The fourth-order valence-electron chi connectivity index (χ4n) is 5.36. The SMILES string of the molecule is CC(C)[C@@H](NC(=O)OCC1c2ccccc2-c2ccccc21)C(=O)NCC1(C(=O)O)CCCCC1. The summed E-state index contributed by atoms with van der Waals surface area (Å²) >= 11 is 0. The largest absolute Gasteiger partial charge is 0.481 e. The van der Waals surface area contributed by atoms with Crippen LogP contribution in [0.15, 0.2) is 48.5 Å². The highest BCUT2D eigenvalue weighted by Crippen LogP contribution is 2.44. The van der Waals surface area contributed by atoms with Gasteiger partial charge in [0, 0.05) is 12.5 Å². The third-order valence-electron chi connectivity index (χ3n) is 7.43. The number of carboxylic acids is 1. The minimum absolute atomic E-state index is 0.0662. The van der Waals surface area contributed by atoms with Crippen molar-refractivity contribution in [2.24, 2.45) is 11.3 Å². The predicted octanol–water partition coefficient (Wildman–Crippen LogP) is 4.70. The van der Waals surface area contributed by atoms with E-state index < -0.39 is 23.5 Å². The first kappa shape index (κ1) is 24.8. The molecule has 7 heteroatoms. The van der Waals surface area contributed by atoms with Crippen LogP contribution in [0.5, 0.6) is 0 Å². The second kappa shape index (κ2) is 10.5. The molecular weight excluding hydrogens is 444 g/mol. The summed E-state index contributed by atoms with van der Waals surface area (Å²) in [4.78, 5) is 37.6. The molecule has 2 aromatic carbocycles. The lowest BCUT2D eigenvalue weighted by molar-refractivity contribution is -0.151. The van der Waals surface area contributed by atoms with Crippen molar-refractivity contribution in [3.8, 4) is 11.1 Å². The summed E-state index contributed by atoms with van der Waals surface area (Å²) in [5, 5.41) is 15.3. The molecule has 1 fully saturated rings. The van der Waals surface area contributed by atoms with Crippen molar-refractivity contribution < 1.29 is 24.2 Å². The van der Waals surface area contributed by atoms with Gasteiger partial charge in [-0.2, -0.15) is 0 Å². The van der Waals surface area contributed by atoms with Crippen molar-refractivity contribution in [1.82, 2.24) is 10.6 Å². The number of nitrogens with one attached hydrogen (secondary N) is 2. The van der Waals surface area contributed by atoms with Crippen molar-refractivity contribution in [3.05, 3.63) is 59.7 Å². The van der Waals surface area contributed by atoms with E-state index in [1.54, 1.807) is 0 Å². The maximum Gasteiger partial charge on any atom is 0.407 e. The number of benzene rings is 2. The molecule has 0 heterocycles. The van der Waals surface area contributed by atoms with Crippen molar-refractivity contribution in [2.75, 3.05) is 13.2 Å². The number of fused-ring (bicyclic) bond motifs is 3. The zero-order chi connectivity index (χ0) is 25.0. The molecule has 0 spiro atoms. The molecule has 2 aromatic rings. The summed E-state index contributed by atoms with van der Waals surface area (Å²) < 4.78 is 5.60. The zero-order valence-corrected chi connectivity index (χ0v) is 20.4. The lowest BCUT2D eigenvalue weighted by Crippen LogP contribution is -2.53. The summed E-state index contributed by atoms with van der Waals surface area (Å²) in [6.07, 6.45) is 3.14. The zero-order valence-electron chi connectivity index (χ0n) is 20.4. The Morgan fingerprint density at radius 3 is 2.09 bits per heavy atom. The number of carbonyl (C=O) groups is 3. The van der Waals surface area contributed by atoms with Crippen molar-refractivity contribution in [3.63, 3.8) is 0 Å². The number of amides is 2. The standard InChI is InChI=1S/C28H34N2O5/c1-18(2)24(25(31)29-17-28(26(32)33)14-8-3-9-15-28)30-27(34)35-16-23-21-12-6-4-10-19(21)20-11-5-7-13-22(20)23/h4-7,10-13,18,23-24H,3,8-9,14-17H2,1-2H3,(H,29,31)(H,30,34)(H,32,33)/t24-/m1/s1. The summed E-state index contributed by atoms with van der Waals surface area (Å²) in [5.41, 5.74) is 3.59. The summed E-state index contributed by atoms with van der Waals surface area (Å²) in [7, 11) is 0. The van der Waals surface area contributed by atoms with Crippen LogP contribution in [0.3, 0.4) is 0 Å². The van der Waals surface area contributed by atoms with Crippen LogP contribution < -0.4 is 10.6 Å². The molecule has 1 atom stereocenters. The molecule has 2 aliphatic rings. The lowest BCUT2D eigenvalue weighted by Gasteiger charge is -2.34. The predicted molar refractivity (Wildman–Crippen MR) is 133 cm³/mol. The van der Waals surface area contributed by atoms with Gasteiger partial charge in [0.1, 0.15) is 12.6 Å². The Kier molecular flexibility index (Phi) is 7.43. The fourth-order valence-corrected chi connectivity index (χ4v) is 5.36. The van der Waals surface area contributed by atoms with E-state index in [9.17, 15) is 19.5 Å². The maximum atomic E-state index is 12.9. The first-order valence-corrected chi connectivity index (χ1v) is 12.4. The van der Waals surface area contributed by atoms with E-state index in [0.717, 1.165) is 41.5 Å². The molecule has 0 radical (unpaired) electrons. The first-order chi connectivity index (χ1) is 16.8. The molecule has 0 bridgehead atoms. The van der Waals surface area contributed by atoms with Crippen molar-refractivity contribution in [2.45, 2.75) is 57.9 Å². The molecule has 2 amide bonds. The average molecular weight is 479 g/mol. The van der Waals surface area contributed by atoms with E-state index in [-0.39, 0.29) is 30.9 Å². The Hall–Kier alpha value is -3.35. The Labute approximate surface area is 206 Å². The van der Waals surface area contributed by atoms with Gasteiger partial charge in [0.2, 0.25) is 5.91 Å². The van der Waals surface area contributed by atoms with Gasteiger partial charge in [0.25, 0.3) is 0 Å². The number of rotatable bonds is 8. The van der Waals surface area contributed by atoms with E-state index in [1.165, 1.54) is 0 Å². The van der Waals surface area contributed by atoms with Crippen LogP contribution >= 0.6 is 0 Å². The molecule has 7 nitrogen and oxygen atoms in total. The Morgan fingerprint density at radius 1 is 0.971 bits per heavy atom. The van der Waals surface area contributed by atoms with Crippen LogP contribution in [0.2, 0.25) is 0 Å². The second-order valence-electron chi connectivity index (χ2n) is 10.1. The molecule has 4 rings (SSSR count). The number of hydrogen-bond acceptors (Lipinski definition) is 4. The van der Waals surface area contributed by atoms with E-state index in [0.29, 0.717) is 12.8 Å². The Bertz CT molecular complexity index is 1040. The van der Waals surface area contributed by atoms with Gasteiger partial charge >= 0.3 is 12.1 Å². The average Bonchev–Trinajstić information content (AvgIpc) is 3.18. The number of aliphatic carboxylic acids is 1. The number of carboxylic acid groups (broad SMARTS) is 1. The van der Waals surface area contributed by atoms with E-state index >= 15 is 0 Å². The summed E-state index contributed by atoms with van der Waals surface area (Å²) in [5.74, 6) is -1.52. The van der Waals surface area contributed by atoms with Gasteiger partial charge in [0.15, 0.2) is 0 Å². The van der Waals surface area contributed by atoms with Gasteiger partial charge in [-0.05, 0) is 41.0 Å². The smallest absolute Gasteiger partial charge is 0.407 e. The summed E-state index contributed by atoms with van der Waals surface area (Å²) in [6, 6.07) is 15.4. The quantitative estimate of drug-likeness (QED) is 0.510. The normalized spacial score (nSPS) is 17.2. The minimum atomic E-state index is -0.931. The highest BCUT2D eigenvalue weighted by Gasteiger charge is 2.40. The molecule has 186 valence electrons. The third kappa shape index (κ3) is 5.19. The van der Waals surface area contributed by atoms with Crippen LogP contribution in [0.4, 0.5) is 4.79 Å². The molecule has 2 aliphatic carbocycles. The molecule has 3 N–H and O–H groups in total. The monoisotopic (exact) mass is 478 g/mol. The maximum absolute atomic E-state index is 12.9. The van der Waals surface area contributed by atoms with E-state index in [4.69, 9.17) is 4.74 Å². The number of hydrogen-bond donors (Lipinski definition) is 3. The molecule has 35 heavy (non-hydrogen) atoms. The van der Waals surface area contributed by atoms with Gasteiger partial charge in [-0.3, -0.25) is 9.59 Å². The minimum Gasteiger partial charge on any atom is -0.481 e. The molecule has 0 aromatic heterocycles. The topological polar surface area (TPSA) is 105 Å². The van der Waals surface area contributed by atoms with Crippen molar-refractivity contribution >= 4 is 18.0 Å². The molecule has 0 unspecified atom stereocenters. The Balaban J connectivity index is 1.37. The highest BCUT2D eigenvalue weighted by atomic mass is 16.5. The van der Waals surface area contributed by atoms with Crippen LogP contribution in [0, 0.1) is 11.3 Å². The molecular formula is C28H34N2O5. The second-order valence-corrected chi connectivity index (χ2v) is 10.1. The van der Waals surface area contributed by atoms with Crippen LogP contribution in [0.1, 0.15) is 63.0 Å². The van der Waals surface area contributed by atoms with Crippen LogP contribution in [0.25, 0.3) is 11.1 Å². The number of alkyl carbamates (subject to hydrolysis) is 1. The van der Waals surface area contributed by atoms with Gasteiger partial charge in [-0.1, -0.05) is 81.6 Å². The number of ether oxygens (including phenoxy) is 1. The number of carbonyl (C=O) groups excluding carboxylic acids is 2. The Morgan fingerprint density at radius 2 is 1.54 bits per heavy atom. The summed E-state index contributed by atoms with van der Waals surface area (Å²) in [6.45, 7) is 3.90. The molecule has 1 saturated carbocycles. The first-order valence-electron chi connectivity index (χ1n) is 12.4. The van der Waals surface area contributed by atoms with Gasteiger partial charge in [-0.25, -0.2) is 4.79 Å². The lowest BCUT2D eigenvalue weighted by atomic mass is 9.74. The van der Waals surface area contributed by atoms with Crippen LogP contribution in [-0.2, 0) is 14.3 Å². The third-order valence-corrected chi connectivity index (χ3v) is 7.43.